The van der Waals surface area contributed by atoms with E-state index in [4.69, 9.17) is 23.2 Å². The molecule has 0 bridgehead atoms. The van der Waals surface area contributed by atoms with Crippen molar-refractivity contribution in [2.24, 2.45) is 4.99 Å². The van der Waals surface area contributed by atoms with Gasteiger partial charge in [-0.3, -0.25) is 4.79 Å². The molecule has 1 heterocycles. The molecule has 23 heavy (non-hydrogen) atoms. The Hall–Kier alpha value is -1.62. The minimum atomic E-state index is -0.274. The summed E-state index contributed by atoms with van der Waals surface area (Å²) in [5, 5.41) is 1.28. The lowest BCUT2D eigenvalue weighted by Gasteiger charge is -2.02. The molecule has 6 heteroatoms. The number of aryl methyl sites for hydroxylation is 1. The Morgan fingerprint density at radius 1 is 1.13 bits per heavy atom. The van der Waals surface area contributed by atoms with Crippen LogP contribution in [0.5, 0.6) is 0 Å². The summed E-state index contributed by atoms with van der Waals surface area (Å²) in [5.41, 5.74) is 1.57. The monoisotopic (exact) mass is 364 g/mol. The molecule has 0 radical (unpaired) electrons. The van der Waals surface area contributed by atoms with Crippen LogP contribution in [0.25, 0.3) is 10.2 Å². The maximum atomic E-state index is 12.4. The lowest BCUT2D eigenvalue weighted by Crippen LogP contribution is -2.16. The van der Waals surface area contributed by atoms with Crippen LogP contribution in [0.1, 0.15) is 23.7 Å². The number of hydrogen-bond acceptors (Lipinski definition) is 2. The first-order valence-corrected chi connectivity index (χ1v) is 8.79. The normalized spacial score (nSPS) is 12.0. The van der Waals surface area contributed by atoms with Crippen molar-refractivity contribution in [1.29, 1.82) is 0 Å². The van der Waals surface area contributed by atoms with Crippen molar-refractivity contribution in [3.05, 3.63) is 62.9 Å². The van der Waals surface area contributed by atoms with Gasteiger partial charge in [-0.05, 0) is 48.9 Å². The second-order valence-electron chi connectivity index (χ2n) is 5.07. The van der Waals surface area contributed by atoms with E-state index in [0.29, 0.717) is 20.4 Å². The molecule has 0 spiro atoms. The van der Waals surface area contributed by atoms with Crippen molar-refractivity contribution in [2.75, 3.05) is 0 Å². The average molecular weight is 365 g/mol. The molecule has 0 unspecified atom stereocenters. The molecule has 118 valence electrons. The Morgan fingerprint density at radius 3 is 2.52 bits per heavy atom. The minimum absolute atomic E-state index is 0.274. The summed E-state index contributed by atoms with van der Waals surface area (Å²) in [7, 11) is 0. The van der Waals surface area contributed by atoms with Crippen molar-refractivity contribution in [3.8, 4) is 0 Å². The number of carbonyl (C=O) groups excluding carboxylic acids is 1. The number of amides is 1. The first-order chi connectivity index (χ1) is 11.1. The van der Waals surface area contributed by atoms with Gasteiger partial charge in [-0.2, -0.15) is 4.99 Å². The fourth-order valence-corrected chi connectivity index (χ4v) is 3.77. The number of thiazole rings is 1. The molecular formula is C17H14Cl2N2OS. The van der Waals surface area contributed by atoms with Crippen LogP contribution in [0.2, 0.25) is 10.0 Å². The molecule has 0 aliphatic rings. The quantitative estimate of drug-likeness (QED) is 0.631. The van der Waals surface area contributed by atoms with Gasteiger partial charge < -0.3 is 4.57 Å². The zero-order valence-corrected chi connectivity index (χ0v) is 14.8. The highest BCUT2D eigenvalue weighted by Gasteiger charge is 2.09. The van der Waals surface area contributed by atoms with Gasteiger partial charge in [0.2, 0.25) is 0 Å². The van der Waals surface area contributed by atoms with Gasteiger partial charge >= 0.3 is 0 Å². The summed E-state index contributed by atoms with van der Waals surface area (Å²) >= 11 is 13.4. The Morgan fingerprint density at radius 2 is 1.83 bits per heavy atom. The maximum Gasteiger partial charge on any atom is 0.279 e. The van der Waals surface area contributed by atoms with E-state index in [1.165, 1.54) is 11.3 Å². The summed E-state index contributed by atoms with van der Waals surface area (Å²) in [4.78, 5) is 17.4. The largest absolute Gasteiger partial charge is 0.316 e. The van der Waals surface area contributed by atoms with Gasteiger partial charge in [-0.1, -0.05) is 41.5 Å². The van der Waals surface area contributed by atoms with Crippen LogP contribution in [0.3, 0.4) is 0 Å². The van der Waals surface area contributed by atoms with E-state index >= 15 is 0 Å². The second-order valence-corrected chi connectivity index (χ2v) is 6.95. The number of carbonyl (C=O) groups is 1. The SMILES string of the molecule is CCCn1c(=NC(=O)c2ccc(Cl)cc2)sc2cc(Cl)ccc21. The first-order valence-electron chi connectivity index (χ1n) is 7.22. The van der Waals surface area contributed by atoms with E-state index < -0.39 is 0 Å². The number of aromatic nitrogens is 1. The van der Waals surface area contributed by atoms with Gasteiger partial charge in [0.15, 0.2) is 4.80 Å². The van der Waals surface area contributed by atoms with Crippen molar-refractivity contribution in [3.63, 3.8) is 0 Å². The van der Waals surface area contributed by atoms with Gasteiger partial charge in [0.1, 0.15) is 0 Å². The van der Waals surface area contributed by atoms with Gasteiger partial charge in [-0.25, -0.2) is 0 Å². The number of benzene rings is 2. The lowest BCUT2D eigenvalue weighted by molar-refractivity contribution is 0.0998. The topological polar surface area (TPSA) is 34.4 Å². The van der Waals surface area contributed by atoms with Crippen LogP contribution in [-0.2, 0) is 6.54 Å². The van der Waals surface area contributed by atoms with Crippen LogP contribution in [0.15, 0.2) is 47.5 Å². The summed E-state index contributed by atoms with van der Waals surface area (Å²) in [6, 6.07) is 12.5. The van der Waals surface area contributed by atoms with Crippen LogP contribution in [0.4, 0.5) is 0 Å². The number of halogens is 2. The van der Waals surface area contributed by atoms with Gasteiger partial charge in [-0.15, -0.1) is 0 Å². The molecule has 1 aromatic heterocycles. The molecule has 0 atom stereocenters. The van der Waals surface area contributed by atoms with E-state index in [1.807, 2.05) is 18.2 Å². The summed E-state index contributed by atoms with van der Waals surface area (Å²) < 4.78 is 3.08. The Bertz CT molecular complexity index is 926. The van der Waals surface area contributed by atoms with Crippen molar-refractivity contribution < 1.29 is 4.79 Å². The first kappa shape index (κ1) is 16.2. The zero-order valence-electron chi connectivity index (χ0n) is 12.4. The third-order valence-electron chi connectivity index (χ3n) is 3.38. The smallest absolute Gasteiger partial charge is 0.279 e. The van der Waals surface area contributed by atoms with Crippen molar-refractivity contribution >= 4 is 50.7 Å². The third-order valence-corrected chi connectivity index (χ3v) is 4.91. The highest BCUT2D eigenvalue weighted by molar-refractivity contribution is 7.16. The number of hydrogen-bond donors (Lipinski definition) is 0. The van der Waals surface area contributed by atoms with E-state index in [0.717, 1.165) is 23.2 Å². The summed E-state index contributed by atoms with van der Waals surface area (Å²) in [6.07, 6.45) is 0.955. The number of nitrogens with zero attached hydrogens (tertiary/aromatic N) is 2. The van der Waals surface area contributed by atoms with E-state index in [-0.39, 0.29) is 5.91 Å². The Kier molecular flexibility index (Phi) is 4.85. The number of rotatable bonds is 3. The molecule has 3 nitrogen and oxygen atoms in total. The molecule has 0 saturated carbocycles. The Balaban J connectivity index is 2.12. The molecule has 1 amide bonds. The number of fused-ring (bicyclic) bond motifs is 1. The van der Waals surface area contributed by atoms with Crippen molar-refractivity contribution in [1.82, 2.24) is 4.57 Å². The molecule has 0 fully saturated rings. The minimum Gasteiger partial charge on any atom is -0.316 e. The molecule has 0 saturated heterocycles. The average Bonchev–Trinajstić information content (AvgIpc) is 2.85. The standard InChI is InChI=1S/C17H14Cl2N2OS/c1-2-9-21-14-8-7-13(19)10-15(14)23-17(21)20-16(22)11-3-5-12(18)6-4-11/h3-8,10H,2,9H2,1H3. The highest BCUT2D eigenvalue weighted by atomic mass is 35.5. The van der Waals surface area contributed by atoms with Gasteiger partial charge in [0, 0.05) is 22.2 Å². The van der Waals surface area contributed by atoms with Crippen LogP contribution < -0.4 is 4.80 Å². The molecule has 0 aliphatic heterocycles. The molecule has 0 N–H and O–H groups in total. The fourth-order valence-electron chi connectivity index (χ4n) is 2.32. The maximum absolute atomic E-state index is 12.4. The zero-order chi connectivity index (χ0) is 16.4. The molecule has 0 aliphatic carbocycles. The van der Waals surface area contributed by atoms with E-state index in [1.54, 1.807) is 24.3 Å². The van der Waals surface area contributed by atoms with E-state index in [2.05, 4.69) is 16.5 Å². The fraction of sp³-hybridized carbons (Fsp3) is 0.176. The highest BCUT2D eigenvalue weighted by Crippen LogP contribution is 2.22. The van der Waals surface area contributed by atoms with Crippen molar-refractivity contribution in [2.45, 2.75) is 19.9 Å². The van der Waals surface area contributed by atoms with Gasteiger partial charge in [0.25, 0.3) is 5.91 Å². The molecule has 2 aromatic carbocycles. The Labute approximate surface area is 147 Å². The molecule has 3 rings (SSSR count). The van der Waals surface area contributed by atoms with Crippen LogP contribution in [-0.4, -0.2) is 10.5 Å². The van der Waals surface area contributed by atoms with Crippen LogP contribution in [0, 0.1) is 0 Å². The predicted octanol–water partition coefficient (Wildman–Crippen LogP) is 5.16. The second kappa shape index (κ2) is 6.87. The molecular weight excluding hydrogens is 351 g/mol. The molecule has 3 aromatic rings. The summed E-state index contributed by atoms with van der Waals surface area (Å²) in [5.74, 6) is -0.274. The van der Waals surface area contributed by atoms with Crippen LogP contribution >= 0.6 is 34.5 Å². The van der Waals surface area contributed by atoms with Gasteiger partial charge in [0.05, 0.1) is 10.2 Å². The predicted molar refractivity (Wildman–Crippen MR) is 96.5 cm³/mol. The lowest BCUT2D eigenvalue weighted by atomic mass is 10.2. The van der Waals surface area contributed by atoms with E-state index in [9.17, 15) is 4.79 Å². The summed E-state index contributed by atoms with van der Waals surface area (Å²) in [6.45, 7) is 2.89. The third kappa shape index (κ3) is 3.50.